The number of hydrogen-bond acceptors (Lipinski definition) is 3. The maximum absolute atomic E-state index is 11.7. The van der Waals surface area contributed by atoms with Crippen LogP contribution in [0, 0.1) is 5.92 Å². The summed E-state index contributed by atoms with van der Waals surface area (Å²) < 4.78 is 5.00. The van der Waals surface area contributed by atoms with Crippen molar-refractivity contribution in [1.82, 2.24) is 5.32 Å². The highest BCUT2D eigenvalue weighted by Gasteiger charge is 2.31. The second-order valence-electron chi connectivity index (χ2n) is 4.33. The number of amides is 1. The number of rotatable bonds is 4. The van der Waals surface area contributed by atoms with Gasteiger partial charge in [-0.3, -0.25) is 4.79 Å². The number of ether oxygens (including phenoxy) is 1. The summed E-state index contributed by atoms with van der Waals surface area (Å²) in [5.74, 6) is -0.204. The molecule has 0 aliphatic heterocycles. The topological polar surface area (TPSA) is 55.4 Å². The molecule has 0 spiro atoms. The van der Waals surface area contributed by atoms with E-state index >= 15 is 0 Å². The van der Waals surface area contributed by atoms with E-state index in [-0.39, 0.29) is 17.8 Å². The quantitative estimate of drug-likeness (QED) is 0.743. The molecule has 1 aliphatic carbocycles. The molecule has 0 bridgehead atoms. The van der Waals surface area contributed by atoms with Gasteiger partial charge in [-0.05, 0) is 25.7 Å². The average Bonchev–Trinajstić information content (AvgIpc) is 2.27. The average molecular weight is 227 g/mol. The van der Waals surface area contributed by atoms with E-state index in [4.69, 9.17) is 4.74 Å². The molecule has 16 heavy (non-hydrogen) atoms. The van der Waals surface area contributed by atoms with Gasteiger partial charge in [0.05, 0.1) is 6.61 Å². The number of esters is 1. The monoisotopic (exact) mass is 227 g/mol. The van der Waals surface area contributed by atoms with Crippen molar-refractivity contribution in [3.05, 3.63) is 0 Å². The van der Waals surface area contributed by atoms with E-state index in [0.29, 0.717) is 6.61 Å². The van der Waals surface area contributed by atoms with E-state index in [0.717, 1.165) is 25.7 Å². The van der Waals surface area contributed by atoms with Gasteiger partial charge in [0.15, 0.2) is 0 Å². The minimum Gasteiger partial charge on any atom is -0.464 e. The van der Waals surface area contributed by atoms with Crippen LogP contribution in [0.1, 0.15) is 46.0 Å². The van der Waals surface area contributed by atoms with Gasteiger partial charge >= 0.3 is 5.97 Å². The Kier molecular flexibility index (Phi) is 5.29. The predicted molar refractivity (Wildman–Crippen MR) is 60.8 cm³/mol. The molecule has 92 valence electrons. The molecular weight excluding hydrogens is 206 g/mol. The molecule has 1 amide bonds. The lowest BCUT2D eigenvalue weighted by atomic mass is 9.84. The van der Waals surface area contributed by atoms with E-state index in [9.17, 15) is 9.59 Å². The van der Waals surface area contributed by atoms with E-state index in [1.807, 2.05) is 0 Å². The molecular formula is C12H21NO3. The summed E-state index contributed by atoms with van der Waals surface area (Å²) in [5.41, 5.74) is 0. The van der Waals surface area contributed by atoms with Crippen LogP contribution in [-0.4, -0.2) is 24.5 Å². The summed E-state index contributed by atoms with van der Waals surface area (Å²) in [6, 6.07) is -0.447. The van der Waals surface area contributed by atoms with Crippen LogP contribution >= 0.6 is 0 Å². The summed E-state index contributed by atoms with van der Waals surface area (Å²) >= 11 is 0. The molecule has 0 aromatic rings. The summed E-state index contributed by atoms with van der Waals surface area (Å²) in [4.78, 5) is 22.8. The number of carbonyl (C=O) groups excluding carboxylic acids is 2. The Morgan fingerprint density at radius 3 is 2.44 bits per heavy atom. The first kappa shape index (κ1) is 13.0. The van der Waals surface area contributed by atoms with Gasteiger partial charge in [-0.15, -0.1) is 0 Å². The third kappa shape index (κ3) is 3.83. The molecule has 0 radical (unpaired) electrons. The molecule has 1 saturated carbocycles. The van der Waals surface area contributed by atoms with Gasteiger partial charge in [0, 0.05) is 6.92 Å². The molecule has 0 heterocycles. The van der Waals surface area contributed by atoms with Crippen molar-refractivity contribution in [3.63, 3.8) is 0 Å². The number of nitrogens with one attached hydrogen (secondary N) is 1. The fourth-order valence-electron chi connectivity index (χ4n) is 2.29. The van der Waals surface area contributed by atoms with Gasteiger partial charge in [0.25, 0.3) is 0 Å². The van der Waals surface area contributed by atoms with Gasteiger partial charge in [0.1, 0.15) is 6.04 Å². The second-order valence-corrected chi connectivity index (χ2v) is 4.33. The lowest BCUT2D eigenvalue weighted by Gasteiger charge is -2.28. The Morgan fingerprint density at radius 2 is 1.94 bits per heavy atom. The van der Waals surface area contributed by atoms with Crippen molar-refractivity contribution >= 4 is 11.9 Å². The zero-order chi connectivity index (χ0) is 12.0. The second kappa shape index (κ2) is 6.51. The van der Waals surface area contributed by atoms with Crippen LogP contribution in [0.2, 0.25) is 0 Å². The van der Waals surface area contributed by atoms with Crippen molar-refractivity contribution in [2.45, 2.75) is 52.0 Å². The Labute approximate surface area is 96.7 Å². The van der Waals surface area contributed by atoms with Gasteiger partial charge in [-0.1, -0.05) is 19.3 Å². The van der Waals surface area contributed by atoms with Gasteiger partial charge in [-0.2, -0.15) is 0 Å². The molecule has 0 unspecified atom stereocenters. The first-order valence-corrected chi connectivity index (χ1v) is 6.09. The van der Waals surface area contributed by atoms with Crippen molar-refractivity contribution in [3.8, 4) is 0 Å². The highest BCUT2D eigenvalue weighted by Crippen LogP contribution is 2.27. The van der Waals surface area contributed by atoms with Crippen molar-refractivity contribution in [1.29, 1.82) is 0 Å². The fraction of sp³-hybridized carbons (Fsp3) is 0.833. The molecule has 1 rings (SSSR count). The van der Waals surface area contributed by atoms with Crippen LogP contribution in [0.25, 0.3) is 0 Å². The minimum absolute atomic E-state index is 0.163. The van der Waals surface area contributed by atoms with Crippen LogP contribution < -0.4 is 5.32 Å². The Hall–Kier alpha value is -1.06. The van der Waals surface area contributed by atoms with E-state index in [1.165, 1.54) is 13.3 Å². The molecule has 1 fully saturated rings. The number of hydrogen-bond donors (Lipinski definition) is 1. The zero-order valence-electron chi connectivity index (χ0n) is 10.1. The third-order valence-corrected chi connectivity index (χ3v) is 3.02. The van der Waals surface area contributed by atoms with Crippen LogP contribution in [0.3, 0.4) is 0 Å². The minimum atomic E-state index is -0.447. The van der Waals surface area contributed by atoms with Crippen molar-refractivity contribution in [2.75, 3.05) is 6.61 Å². The Morgan fingerprint density at radius 1 is 1.31 bits per heavy atom. The highest BCUT2D eigenvalue weighted by molar-refractivity contribution is 5.83. The van der Waals surface area contributed by atoms with E-state index in [1.54, 1.807) is 6.92 Å². The summed E-state index contributed by atoms with van der Waals surface area (Å²) in [5, 5.41) is 2.72. The standard InChI is InChI=1S/C12H21NO3/c1-3-16-12(15)11(13-9(2)14)10-7-5-4-6-8-10/h10-11H,3-8H2,1-2H3,(H,13,14)/t11-/m0/s1. The van der Waals surface area contributed by atoms with Gasteiger partial charge < -0.3 is 10.1 Å². The largest absolute Gasteiger partial charge is 0.464 e. The first-order valence-electron chi connectivity index (χ1n) is 6.09. The molecule has 0 saturated heterocycles. The fourth-order valence-corrected chi connectivity index (χ4v) is 2.29. The van der Waals surface area contributed by atoms with Crippen LogP contribution in [0.5, 0.6) is 0 Å². The molecule has 0 aromatic heterocycles. The zero-order valence-corrected chi connectivity index (χ0v) is 10.1. The van der Waals surface area contributed by atoms with E-state index < -0.39 is 6.04 Å². The van der Waals surface area contributed by atoms with Crippen LogP contribution in [-0.2, 0) is 14.3 Å². The SMILES string of the molecule is CCOC(=O)[C@@H](NC(C)=O)C1CCCCC1. The van der Waals surface area contributed by atoms with Crippen LogP contribution in [0.4, 0.5) is 0 Å². The number of carbonyl (C=O) groups is 2. The van der Waals surface area contributed by atoms with Crippen LogP contribution in [0.15, 0.2) is 0 Å². The molecule has 0 aromatic carbocycles. The normalized spacial score (nSPS) is 18.9. The first-order chi connectivity index (χ1) is 7.65. The maximum Gasteiger partial charge on any atom is 0.328 e. The van der Waals surface area contributed by atoms with Gasteiger partial charge in [0.2, 0.25) is 5.91 Å². The van der Waals surface area contributed by atoms with Crippen molar-refractivity contribution < 1.29 is 14.3 Å². The summed E-state index contributed by atoms with van der Waals surface area (Å²) in [7, 11) is 0. The Bertz CT molecular complexity index is 247. The third-order valence-electron chi connectivity index (χ3n) is 3.02. The van der Waals surface area contributed by atoms with Crippen molar-refractivity contribution in [2.24, 2.45) is 5.92 Å². The maximum atomic E-state index is 11.7. The van der Waals surface area contributed by atoms with Gasteiger partial charge in [-0.25, -0.2) is 4.79 Å². The highest BCUT2D eigenvalue weighted by atomic mass is 16.5. The smallest absolute Gasteiger partial charge is 0.328 e. The van der Waals surface area contributed by atoms with E-state index in [2.05, 4.69) is 5.32 Å². The molecule has 1 N–H and O–H groups in total. The molecule has 1 aliphatic rings. The Balaban J connectivity index is 2.60. The summed E-state index contributed by atoms with van der Waals surface area (Å²) in [6.45, 7) is 3.58. The molecule has 4 heteroatoms. The predicted octanol–water partition coefficient (Wildman–Crippen LogP) is 1.63. The lowest BCUT2D eigenvalue weighted by molar-refractivity contribution is -0.149. The summed E-state index contributed by atoms with van der Waals surface area (Å²) in [6.07, 6.45) is 5.51. The molecule has 4 nitrogen and oxygen atoms in total. The molecule has 1 atom stereocenters. The lowest BCUT2D eigenvalue weighted by Crippen LogP contribution is -2.46.